The van der Waals surface area contributed by atoms with Crippen molar-refractivity contribution in [2.45, 2.75) is 13.8 Å². The lowest BCUT2D eigenvalue weighted by Gasteiger charge is -1.76. The monoisotopic (exact) mass is 132 g/mol. The van der Waals surface area contributed by atoms with Crippen molar-refractivity contribution >= 4 is 15.7 Å². The Balaban J connectivity index is 4.35. The maximum absolute atomic E-state index is 9.87. The molecule has 0 aromatic rings. The van der Waals surface area contributed by atoms with Gasteiger partial charge in [-0.2, -0.15) is 8.42 Å². The molecule has 2 nitrogen and oxygen atoms in total. The van der Waals surface area contributed by atoms with E-state index >= 15 is 0 Å². The fourth-order valence-corrected chi connectivity index (χ4v) is 0.659. The lowest BCUT2D eigenvalue weighted by Crippen LogP contribution is -1.75. The minimum absolute atomic E-state index is 0.762. The van der Waals surface area contributed by atoms with Crippen LogP contribution in [0.4, 0.5) is 0 Å². The molecule has 0 bridgehead atoms. The van der Waals surface area contributed by atoms with Crippen LogP contribution in [0, 0.1) is 0 Å². The Labute approximate surface area is 50.4 Å². The maximum atomic E-state index is 9.87. The second-order valence-corrected chi connectivity index (χ2v) is 2.17. The third-order valence-corrected chi connectivity index (χ3v) is 1.30. The summed E-state index contributed by atoms with van der Waals surface area (Å²) in [6.45, 7) is 3.52. The molecule has 0 unspecified atom stereocenters. The second-order valence-electron chi connectivity index (χ2n) is 1.41. The fourth-order valence-electron chi connectivity index (χ4n) is 0.220. The first kappa shape index (κ1) is 7.43. The molecule has 0 saturated heterocycles. The summed E-state index contributed by atoms with van der Waals surface area (Å²) in [4.78, 5) is 0. The van der Waals surface area contributed by atoms with E-state index in [0.29, 0.717) is 0 Å². The number of hydrogen-bond donors (Lipinski definition) is 0. The summed E-state index contributed by atoms with van der Waals surface area (Å²) >= 11 is 0. The van der Waals surface area contributed by atoms with Crippen LogP contribution < -0.4 is 0 Å². The third-order valence-electron chi connectivity index (χ3n) is 0.737. The zero-order chi connectivity index (χ0) is 6.57. The van der Waals surface area contributed by atoms with Gasteiger partial charge < -0.3 is 0 Å². The van der Waals surface area contributed by atoms with Gasteiger partial charge in [0.15, 0.2) is 0 Å². The van der Waals surface area contributed by atoms with Crippen LogP contribution in [0.3, 0.4) is 0 Å². The van der Waals surface area contributed by atoms with Gasteiger partial charge in [0.1, 0.15) is 0 Å². The van der Waals surface area contributed by atoms with Gasteiger partial charge in [0.05, 0.1) is 5.37 Å². The van der Waals surface area contributed by atoms with Gasteiger partial charge in [0.25, 0.3) is 0 Å². The van der Waals surface area contributed by atoms with Crippen LogP contribution >= 0.6 is 0 Å². The second kappa shape index (κ2) is 3.43. The predicted octanol–water partition coefficient (Wildman–Crippen LogP) is 0.634. The van der Waals surface area contributed by atoms with Gasteiger partial charge in [0, 0.05) is 0 Å². The minimum atomic E-state index is -2.04. The van der Waals surface area contributed by atoms with Gasteiger partial charge in [-0.15, -0.1) is 0 Å². The number of hydrogen-bond acceptors (Lipinski definition) is 2. The highest BCUT2D eigenvalue weighted by atomic mass is 32.2. The Morgan fingerprint density at radius 2 is 2.00 bits per heavy atom. The van der Waals surface area contributed by atoms with E-state index in [9.17, 15) is 8.42 Å². The molecule has 0 saturated carbocycles. The zero-order valence-corrected chi connectivity index (χ0v) is 5.70. The topological polar surface area (TPSA) is 34.1 Å². The van der Waals surface area contributed by atoms with E-state index < -0.39 is 10.3 Å². The summed E-state index contributed by atoms with van der Waals surface area (Å²) < 4.78 is 19.7. The van der Waals surface area contributed by atoms with Gasteiger partial charge in [-0.1, -0.05) is 6.08 Å². The van der Waals surface area contributed by atoms with Crippen LogP contribution in [-0.4, -0.2) is 13.8 Å². The first-order valence-corrected chi connectivity index (χ1v) is 3.36. The number of rotatable bonds is 1. The average Bonchev–Trinajstić information content (AvgIpc) is 1.65. The van der Waals surface area contributed by atoms with Crippen LogP contribution in [0.25, 0.3) is 0 Å². The van der Waals surface area contributed by atoms with Crippen LogP contribution in [-0.2, 0) is 10.3 Å². The molecule has 0 rings (SSSR count). The van der Waals surface area contributed by atoms with Crippen molar-refractivity contribution in [3.05, 3.63) is 11.6 Å². The van der Waals surface area contributed by atoms with Crippen LogP contribution in [0.5, 0.6) is 0 Å². The lowest BCUT2D eigenvalue weighted by atomic mass is 10.3. The lowest BCUT2D eigenvalue weighted by molar-refractivity contribution is 0.627. The Morgan fingerprint density at radius 3 is 2.12 bits per heavy atom. The Morgan fingerprint density at radius 1 is 1.50 bits per heavy atom. The number of allylic oxidation sites excluding steroid dienone is 2. The van der Waals surface area contributed by atoms with Crippen molar-refractivity contribution in [1.29, 1.82) is 0 Å². The molecule has 0 N–H and O–H groups in total. The van der Waals surface area contributed by atoms with Gasteiger partial charge in [-0.25, -0.2) is 0 Å². The van der Waals surface area contributed by atoms with Crippen molar-refractivity contribution in [2.75, 3.05) is 0 Å². The molecule has 0 aliphatic heterocycles. The van der Waals surface area contributed by atoms with E-state index in [1.54, 1.807) is 19.9 Å². The van der Waals surface area contributed by atoms with E-state index in [1.165, 1.54) is 5.37 Å². The average molecular weight is 132 g/mol. The van der Waals surface area contributed by atoms with E-state index in [4.69, 9.17) is 0 Å². The molecule has 0 amide bonds. The van der Waals surface area contributed by atoms with E-state index in [0.717, 1.165) is 5.57 Å². The molecule has 0 aromatic heterocycles. The highest BCUT2D eigenvalue weighted by Gasteiger charge is 1.75. The molecule has 0 aliphatic carbocycles. The summed E-state index contributed by atoms with van der Waals surface area (Å²) in [6, 6.07) is 0. The van der Waals surface area contributed by atoms with Crippen LogP contribution in [0.2, 0.25) is 0 Å². The molecule has 8 heavy (non-hydrogen) atoms. The summed E-state index contributed by atoms with van der Waals surface area (Å²) in [6.07, 6.45) is 1.73. The fraction of sp³-hybridized carbons (Fsp3) is 0.400. The molecule has 0 aromatic carbocycles. The van der Waals surface area contributed by atoms with Crippen molar-refractivity contribution in [3.8, 4) is 0 Å². The predicted molar refractivity (Wildman–Crippen MR) is 34.4 cm³/mol. The molecule has 0 spiro atoms. The molecule has 0 atom stereocenters. The van der Waals surface area contributed by atoms with Gasteiger partial charge >= 0.3 is 0 Å². The normalized spacial score (nSPS) is 11.0. The minimum Gasteiger partial charge on any atom is -0.185 e. The zero-order valence-electron chi connectivity index (χ0n) is 4.88. The highest BCUT2D eigenvalue weighted by molar-refractivity contribution is 7.71. The molecular formula is C5H8O2S. The molecule has 0 heterocycles. The van der Waals surface area contributed by atoms with Crippen molar-refractivity contribution in [2.24, 2.45) is 0 Å². The molecular weight excluding hydrogens is 124 g/mol. The summed E-state index contributed by atoms with van der Waals surface area (Å²) in [5, 5.41) is 1.17. The van der Waals surface area contributed by atoms with Crippen molar-refractivity contribution in [1.82, 2.24) is 0 Å². The van der Waals surface area contributed by atoms with E-state index in [1.807, 2.05) is 0 Å². The highest BCUT2D eigenvalue weighted by Crippen LogP contribution is 1.81. The van der Waals surface area contributed by atoms with E-state index in [-0.39, 0.29) is 0 Å². The largest absolute Gasteiger partial charge is 0.214 e. The molecule has 0 radical (unpaired) electrons. The molecule has 46 valence electrons. The Kier molecular flexibility index (Phi) is 3.19. The van der Waals surface area contributed by atoms with Gasteiger partial charge in [-0.3, -0.25) is 0 Å². The van der Waals surface area contributed by atoms with Crippen LogP contribution in [0.15, 0.2) is 11.6 Å². The quantitative estimate of drug-likeness (QED) is 0.387. The Bertz CT molecular complexity index is 201. The Hall–Kier alpha value is -0.570. The molecule has 0 fully saturated rings. The van der Waals surface area contributed by atoms with Crippen molar-refractivity contribution in [3.63, 3.8) is 0 Å². The van der Waals surface area contributed by atoms with Crippen molar-refractivity contribution < 1.29 is 8.42 Å². The smallest absolute Gasteiger partial charge is 0.185 e. The standard InChI is InChI=1S/C5H8O2S/c1-3-5(2)4-8(6)7/h3-4H,1-2H3. The summed E-state index contributed by atoms with van der Waals surface area (Å²) in [7, 11) is -2.04. The van der Waals surface area contributed by atoms with Crippen LogP contribution in [0.1, 0.15) is 13.8 Å². The summed E-state index contributed by atoms with van der Waals surface area (Å²) in [5.41, 5.74) is 0.762. The third kappa shape index (κ3) is 3.61. The summed E-state index contributed by atoms with van der Waals surface area (Å²) in [5.74, 6) is 0. The van der Waals surface area contributed by atoms with E-state index in [2.05, 4.69) is 0 Å². The maximum Gasteiger partial charge on any atom is 0.214 e. The first-order valence-electron chi connectivity index (χ1n) is 2.22. The molecule has 3 heteroatoms. The van der Waals surface area contributed by atoms with Gasteiger partial charge in [0.2, 0.25) is 10.3 Å². The first-order chi connectivity index (χ1) is 3.66. The SMILES string of the molecule is CC=C(C)C=S(=O)=O. The molecule has 0 aliphatic rings. The van der Waals surface area contributed by atoms with Gasteiger partial charge in [-0.05, 0) is 19.4 Å².